The van der Waals surface area contributed by atoms with Crippen LogP contribution in [0.4, 0.5) is 0 Å². The predicted molar refractivity (Wildman–Crippen MR) is 111 cm³/mol. The Balaban J connectivity index is 1.49. The monoisotopic (exact) mass is 377 g/mol. The van der Waals surface area contributed by atoms with Crippen molar-refractivity contribution < 1.29 is 4.74 Å². The molecule has 138 valence electrons. The van der Waals surface area contributed by atoms with Crippen molar-refractivity contribution in [2.75, 3.05) is 6.61 Å². The van der Waals surface area contributed by atoms with E-state index in [1.54, 1.807) is 11.3 Å². The zero-order valence-electron chi connectivity index (χ0n) is 15.7. The molecule has 2 heterocycles. The van der Waals surface area contributed by atoms with Crippen molar-refractivity contribution in [1.29, 1.82) is 0 Å². The molecule has 0 spiro atoms. The second-order valence-corrected chi connectivity index (χ2v) is 7.66. The van der Waals surface area contributed by atoms with Crippen LogP contribution in [0.25, 0.3) is 26.8 Å². The molecule has 0 radical (unpaired) electrons. The molecule has 4 nitrogen and oxygen atoms in total. The second kappa shape index (κ2) is 7.92. The number of rotatable bonds is 7. The first-order chi connectivity index (χ1) is 13.2. The van der Waals surface area contributed by atoms with E-state index < -0.39 is 0 Å². The number of fused-ring (bicyclic) bond motifs is 1. The second-order valence-electron chi connectivity index (χ2n) is 6.71. The fourth-order valence-corrected chi connectivity index (χ4v) is 3.80. The first-order valence-electron chi connectivity index (χ1n) is 9.39. The summed E-state index contributed by atoms with van der Waals surface area (Å²) >= 11 is 1.61. The number of hydrogen-bond acceptors (Lipinski definition) is 4. The Labute approximate surface area is 163 Å². The van der Waals surface area contributed by atoms with Gasteiger partial charge >= 0.3 is 0 Å². The van der Waals surface area contributed by atoms with Crippen molar-refractivity contribution in [2.45, 2.75) is 33.1 Å². The molecular formula is C22H23N3OS. The number of ether oxygens (including phenoxy) is 1. The van der Waals surface area contributed by atoms with Crippen LogP contribution in [-0.2, 0) is 0 Å². The van der Waals surface area contributed by atoms with Crippen molar-refractivity contribution in [2.24, 2.45) is 0 Å². The van der Waals surface area contributed by atoms with Crippen molar-refractivity contribution in [3.63, 3.8) is 0 Å². The fourth-order valence-electron chi connectivity index (χ4n) is 2.92. The molecular weight excluding hydrogens is 354 g/mol. The first kappa shape index (κ1) is 17.7. The number of imidazole rings is 1. The maximum absolute atomic E-state index is 5.78. The minimum atomic E-state index is 0.777. The highest BCUT2D eigenvalue weighted by atomic mass is 32.1. The van der Waals surface area contributed by atoms with Crippen LogP contribution in [-0.4, -0.2) is 21.2 Å². The van der Waals surface area contributed by atoms with Crippen LogP contribution < -0.4 is 4.74 Å². The number of nitrogens with zero attached hydrogens (tertiary/aromatic N) is 3. The van der Waals surface area contributed by atoms with Crippen LogP contribution in [0.3, 0.4) is 0 Å². The first-order valence-corrected chi connectivity index (χ1v) is 10.2. The largest absolute Gasteiger partial charge is 0.494 e. The topological polar surface area (TPSA) is 39.4 Å². The molecule has 0 bridgehead atoms. The number of aromatic nitrogens is 3. The van der Waals surface area contributed by atoms with Gasteiger partial charge in [-0.25, -0.2) is 9.50 Å². The summed E-state index contributed by atoms with van der Waals surface area (Å²) in [6.45, 7) is 5.06. The number of unbranched alkanes of at least 4 members (excludes halogenated alkanes) is 2. The fraction of sp³-hybridized carbons (Fsp3) is 0.273. The van der Waals surface area contributed by atoms with Crippen LogP contribution in [0.15, 0.2) is 54.7 Å². The SMILES string of the molecule is CCCCCOc1ccc(-c2cn3nc(-c4ccc(C)cc4)sc3n2)cc1. The lowest BCUT2D eigenvalue weighted by molar-refractivity contribution is 0.306. The molecule has 4 aromatic rings. The minimum Gasteiger partial charge on any atom is -0.494 e. The highest BCUT2D eigenvalue weighted by molar-refractivity contribution is 7.19. The molecule has 0 aliphatic heterocycles. The average Bonchev–Trinajstić information content (AvgIpc) is 3.26. The maximum Gasteiger partial charge on any atom is 0.213 e. The smallest absolute Gasteiger partial charge is 0.213 e. The standard InChI is InChI=1S/C22H23N3OS/c1-3-4-5-14-26-19-12-10-17(11-13-19)20-15-25-22(23-20)27-21(24-25)18-8-6-16(2)7-9-18/h6-13,15H,3-5,14H2,1-2H3. The summed E-state index contributed by atoms with van der Waals surface area (Å²) in [6.07, 6.45) is 5.51. The van der Waals surface area contributed by atoms with Crippen LogP contribution in [0.2, 0.25) is 0 Å². The summed E-state index contributed by atoms with van der Waals surface area (Å²) in [6, 6.07) is 16.6. The third-order valence-corrected chi connectivity index (χ3v) is 5.48. The van der Waals surface area contributed by atoms with Crippen LogP contribution in [0.1, 0.15) is 31.7 Å². The zero-order valence-corrected chi connectivity index (χ0v) is 16.5. The summed E-state index contributed by atoms with van der Waals surface area (Å²) in [5.74, 6) is 0.913. The Bertz CT molecular complexity index is 985. The third-order valence-electron chi connectivity index (χ3n) is 4.51. The van der Waals surface area contributed by atoms with Gasteiger partial charge in [0.1, 0.15) is 10.8 Å². The molecule has 0 N–H and O–H groups in total. The van der Waals surface area contributed by atoms with Crippen molar-refractivity contribution in [3.05, 3.63) is 60.3 Å². The minimum absolute atomic E-state index is 0.777. The van der Waals surface area contributed by atoms with E-state index >= 15 is 0 Å². The third kappa shape index (κ3) is 4.03. The van der Waals surface area contributed by atoms with Gasteiger partial charge in [-0.15, -0.1) is 0 Å². The Morgan fingerprint density at radius 3 is 2.41 bits per heavy atom. The van der Waals surface area contributed by atoms with Crippen LogP contribution >= 0.6 is 11.3 Å². The highest BCUT2D eigenvalue weighted by Crippen LogP contribution is 2.29. The number of aryl methyl sites for hydroxylation is 1. The molecule has 2 aromatic heterocycles. The number of benzene rings is 2. The Hall–Kier alpha value is -2.66. The average molecular weight is 378 g/mol. The molecule has 0 unspecified atom stereocenters. The lowest BCUT2D eigenvalue weighted by atomic mass is 10.1. The molecule has 2 aromatic carbocycles. The lowest BCUT2D eigenvalue weighted by Gasteiger charge is -2.06. The van der Waals surface area contributed by atoms with Gasteiger partial charge in [-0.3, -0.25) is 0 Å². The van der Waals surface area contributed by atoms with Crippen molar-refractivity contribution in [3.8, 4) is 27.6 Å². The molecule has 0 fully saturated rings. The van der Waals surface area contributed by atoms with E-state index in [0.717, 1.165) is 45.6 Å². The summed E-state index contributed by atoms with van der Waals surface area (Å²) in [5, 5.41) is 5.67. The van der Waals surface area contributed by atoms with Gasteiger partial charge in [-0.1, -0.05) is 60.9 Å². The summed E-state index contributed by atoms with van der Waals surface area (Å²) in [4.78, 5) is 5.64. The van der Waals surface area contributed by atoms with Gasteiger partial charge in [0.25, 0.3) is 0 Å². The predicted octanol–water partition coefficient (Wildman–Crippen LogP) is 6.00. The normalized spacial score (nSPS) is 11.2. The van der Waals surface area contributed by atoms with Crippen LogP contribution in [0.5, 0.6) is 5.75 Å². The molecule has 0 aliphatic rings. The van der Waals surface area contributed by atoms with E-state index in [-0.39, 0.29) is 0 Å². The molecule has 4 rings (SSSR count). The molecule has 0 amide bonds. The van der Waals surface area contributed by atoms with E-state index in [1.165, 1.54) is 18.4 Å². The molecule has 27 heavy (non-hydrogen) atoms. The zero-order chi connectivity index (χ0) is 18.6. The van der Waals surface area contributed by atoms with E-state index in [1.807, 2.05) is 22.8 Å². The van der Waals surface area contributed by atoms with Crippen molar-refractivity contribution >= 4 is 16.3 Å². The Morgan fingerprint density at radius 2 is 1.70 bits per heavy atom. The van der Waals surface area contributed by atoms with Gasteiger partial charge in [0, 0.05) is 11.1 Å². The van der Waals surface area contributed by atoms with E-state index in [9.17, 15) is 0 Å². The van der Waals surface area contributed by atoms with Gasteiger partial charge < -0.3 is 4.74 Å². The Kier molecular flexibility index (Phi) is 5.21. The lowest BCUT2D eigenvalue weighted by Crippen LogP contribution is -1.96. The quantitative estimate of drug-likeness (QED) is 0.371. The van der Waals surface area contributed by atoms with Gasteiger partial charge in [0.2, 0.25) is 4.96 Å². The van der Waals surface area contributed by atoms with Gasteiger partial charge in [-0.05, 0) is 37.6 Å². The maximum atomic E-state index is 5.78. The molecule has 0 atom stereocenters. The molecule has 5 heteroatoms. The summed E-state index contributed by atoms with van der Waals surface area (Å²) in [5.41, 5.74) is 4.38. The van der Waals surface area contributed by atoms with E-state index in [0.29, 0.717) is 0 Å². The van der Waals surface area contributed by atoms with E-state index in [2.05, 4.69) is 55.3 Å². The molecule has 0 saturated heterocycles. The summed E-state index contributed by atoms with van der Waals surface area (Å²) < 4.78 is 7.65. The van der Waals surface area contributed by atoms with Crippen LogP contribution in [0, 0.1) is 6.92 Å². The van der Waals surface area contributed by atoms with E-state index in [4.69, 9.17) is 9.72 Å². The molecule has 0 saturated carbocycles. The number of hydrogen-bond donors (Lipinski definition) is 0. The van der Waals surface area contributed by atoms with Gasteiger partial charge in [0.15, 0.2) is 0 Å². The van der Waals surface area contributed by atoms with Gasteiger partial charge in [-0.2, -0.15) is 5.10 Å². The molecule has 0 aliphatic carbocycles. The summed E-state index contributed by atoms with van der Waals surface area (Å²) in [7, 11) is 0. The van der Waals surface area contributed by atoms with Crippen molar-refractivity contribution in [1.82, 2.24) is 14.6 Å². The van der Waals surface area contributed by atoms with Gasteiger partial charge in [0.05, 0.1) is 18.5 Å². The highest BCUT2D eigenvalue weighted by Gasteiger charge is 2.11. The Morgan fingerprint density at radius 1 is 0.963 bits per heavy atom.